The van der Waals surface area contributed by atoms with E-state index < -0.39 is 37.5 Å². The Labute approximate surface area is 114 Å². The fourth-order valence-electron chi connectivity index (χ4n) is 1.58. The fourth-order valence-corrected chi connectivity index (χ4v) is 1.58. The molecule has 12 heteroatoms. The molecule has 0 bridgehead atoms. The van der Waals surface area contributed by atoms with Gasteiger partial charge in [-0.2, -0.15) is 5.10 Å². The van der Waals surface area contributed by atoms with Crippen molar-refractivity contribution >= 4 is 28.4 Å². The van der Waals surface area contributed by atoms with Crippen molar-refractivity contribution in [1.29, 1.82) is 0 Å². The molecule has 0 radical (unpaired) electrons. The molecule has 0 spiro atoms. The molecule has 2 N–H and O–H groups in total. The van der Waals surface area contributed by atoms with Crippen LogP contribution in [0.4, 0.5) is 28.4 Å². The molecule has 1 heterocycles. The minimum absolute atomic E-state index is 0.232. The van der Waals surface area contributed by atoms with Crippen molar-refractivity contribution in [2.24, 2.45) is 0 Å². The van der Waals surface area contributed by atoms with E-state index in [1.54, 1.807) is 0 Å². The highest BCUT2D eigenvalue weighted by atomic mass is 16.6. The van der Waals surface area contributed by atoms with Gasteiger partial charge in [0.05, 0.1) is 38.8 Å². The van der Waals surface area contributed by atoms with E-state index in [4.69, 9.17) is 0 Å². The maximum absolute atomic E-state index is 11.0. The lowest BCUT2D eigenvalue weighted by atomic mass is 10.2. The lowest BCUT2D eigenvalue weighted by Gasteiger charge is -2.05. The second-order valence-electron chi connectivity index (χ2n) is 3.74. The Hall–Kier alpha value is -3.57. The Morgan fingerprint density at radius 3 is 1.95 bits per heavy atom. The van der Waals surface area contributed by atoms with Crippen molar-refractivity contribution in [3.63, 3.8) is 0 Å². The van der Waals surface area contributed by atoms with E-state index in [1.165, 1.54) is 12.4 Å². The summed E-state index contributed by atoms with van der Waals surface area (Å²) in [5, 5.41) is 41.1. The van der Waals surface area contributed by atoms with Gasteiger partial charge in [0.15, 0.2) is 5.69 Å². The summed E-state index contributed by atoms with van der Waals surface area (Å²) in [4.78, 5) is 29.9. The monoisotopic (exact) mass is 294 g/mol. The van der Waals surface area contributed by atoms with Crippen LogP contribution < -0.4 is 5.32 Å². The van der Waals surface area contributed by atoms with Crippen molar-refractivity contribution in [1.82, 2.24) is 10.2 Å². The molecule has 1 aromatic heterocycles. The number of nitro groups is 3. The van der Waals surface area contributed by atoms with Gasteiger partial charge in [0.2, 0.25) is 0 Å². The van der Waals surface area contributed by atoms with Crippen molar-refractivity contribution in [3.8, 4) is 0 Å². The van der Waals surface area contributed by atoms with Crippen LogP contribution in [0.25, 0.3) is 0 Å². The summed E-state index contributed by atoms with van der Waals surface area (Å²) < 4.78 is 0. The number of nitrogens with one attached hydrogen (secondary N) is 2. The zero-order chi connectivity index (χ0) is 15.6. The van der Waals surface area contributed by atoms with Crippen LogP contribution in [0.3, 0.4) is 0 Å². The normalized spacial score (nSPS) is 10.1. The van der Waals surface area contributed by atoms with Crippen LogP contribution in [0.2, 0.25) is 0 Å². The topological polar surface area (TPSA) is 170 Å². The highest BCUT2D eigenvalue weighted by Gasteiger charge is 2.30. The van der Waals surface area contributed by atoms with Gasteiger partial charge in [0, 0.05) is 6.20 Å². The predicted octanol–water partition coefficient (Wildman–Crippen LogP) is 1.88. The molecule has 2 aromatic rings. The second-order valence-corrected chi connectivity index (χ2v) is 3.74. The van der Waals surface area contributed by atoms with Crippen molar-refractivity contribution in [2.75, 3.05) is 5.32 Å². The average Bonchev–Trinajstić information content (AvgIpc) is 2.90. The maximum atomic E-state index is 11.0. The maximum Gasteiger partial charge on any atom is 0.306 e. The number of hydrogen-bond donors (Lipinski definition) is 2. The molecular formula is C9H6N6O6. The zero-order valence-corrected chi connectivity index (χ0v) is 10.0. The Balaban J connectivity index is 2.66. The predicted molar refractivity (Wildman–Crippen MR) is 68.3 cm³/mol. The third-order valence-corrected chi connectivity index (χ3v) is 2.45. The number of aromatic amines is 1. The van der Waals surface area contributed by atoms with Crippen LogP contribution in [0.15, 0.2) is 24.5 Å². The Kier molecular flexibility index (Phi) is 3.43. The average molecular weight is 294 g/mol. The van der Waals surface area contributed by atoms with Gasteiger partial charge in [-0.05, 0) is 0 Å². The van der Waals surface area contributed by atoms with Crippen LogP contribution in [-0.2, 0) is 0 Å². The van der Waals surface area contributed by atoms with Gasteiger partial charge < -0.3 is 5.32 Å². The number of hydrogen-bond acceptors (Lipinski definition) is 8. The minimum Gasteiger partial charge on any atom is -0.342 e. The molecule has 0 aliphatic carbocycles. The van der Waals surface area contributed by atoms with E-state index in [-0.39, 0.29) is 5.69 Å². The molecule has 0 unspecified atom stereocenters. The van der Waals surface area contributed by atoms with E-state index in [0.717, 1.165) is 0 Å². The first-order chi connectivity index (χ1) is 9.90. The number of anilines is 2. The van der Waals surface area contributed by atoms with Gasteiger partial charge in [-0.25, -0.2) is 0 Å². The van der Waals surface area contributed by atoms with Crippen LogP contribution in [0, 0.1) is 30.3 Å². The summed E-state index contributed by atoms with van der Waals surface area (Å²) in [7, 11) is 0. The highest BCUT2D eigenvalue weighted by Crippen LogP contribution is 2.39. The number of aromatic nitrogens is 2. The lowest BCUT2D eigenvalue weighted by Crippen LogP contribution is -2.03. The molecule has 12 nitrogen and oxygen atoms in total. The summed E-state index contributed by atoms with van der Waals surface area (Å²) in [5.74, 6) is 0. The Morgan fingerprint density at radius 2 is 1.57 bits per heavy atom. The fraction of sp³-hybridized carbons (Fsp3) is 0. The summed E-state index contributed by atoms with van der Waals surface area (Å²) >= 11 is 0. The van der Waals surface area contributed by atoms with Crippen LogP contribution in [0.5, 0.6) is 0 Å². The molecule has 0 aliphatic rings. The molecule has 2 rings (SSSR count). The third-order valence-electron chi connectivity index (χ3n) is 2.45. The molecule has 108 valence electrons. The van der Waals surface area contributed by atoms with Gasteiger partial charge in [-0.1, -0.05) is 0 Å². The van der Waals surface area contributed by atoms with E-state index in [1.807, 2.05) is 0 Å². The van der Waals surface area contributed by atoms with Gasteiger partial charge in [0.25, 0.3) is 5.69 Å². The second kappa shape index (κ2) is 5.20. The van der Waals surface area contributed by atoms with Crippen molar-refractivity contribution < 1.29 is 14.8 Å². The van der Waals surface area contributed by atoms with Gasteiger partial charge in [-0.3, -0.25) is 35.4 Å². The first kappa shape index (κ1) is 13.9. The number of nitro benzene ring substituents is 3. The Morgan fingerprint density at radius 1 is 1.00 bits per heavy atom. The van der Waals surface area contributed by atoms with E-state index >= 15 is 0 Å². The zero-order valence-electron chi connectivity index (χ0n) is 10.0. The number of H-pyrrole nitrogens is 1. The van der Waals surface area contributed by atoms with Crippen LogP contribution in [-0.4, -0.2) is 25.0 Å². The molecule has 1 aromatic carbocycles. The smallest absolute Gasteiger partial charge is 0.306 e. The van der Waals surface area contributed by atoms with Gasteiger partial charge in [-0.15, -0.1) is 0 Å². The molecule has 0 aliphatic heterocycles. The number of non-ortho nitro benzene ring substituents is 1. The Bertz CT molecular complexity index is 691. The van der Waals surface area contributed by atoms with E-state index in [0.29, 0.717) is 12.1 Å². The number of nitrogens with zero attached hydrogens (tertiary/aromatic N) is 4. The van der Waals surface area contributed by atoms with Crippen molar-refractivity contribution in [2.45, 2.75) is 0 Å². The lowest BCUT2D eigenvalue weighted by molar-refractivity contribution is -0.401. The van der Waals surface area contributed by atoms with Gasteiger partial charge in [0.1, 0.15) is 0 Å². The molecule has 21 heavy (non-hydrogen) atoms. The third kappa shape index (κ3) is 2.73. The first-order valence-electron chi connectivity index (χ1n) is 5.27. The summed E-state index contributed by atoms with van der Waals surface area (Å²) in [5.41, 5.74) is -2.53. The SMILES string of the molecule is O=[N+]([O-])c1cc([N+](=O)[O-])c(Nc2cn[nH]c2)c([N+](=O)[O-])c1. The molecule has 0 atom stereocenters. The highest BCUT2D eigenvalue weighted by molar-refractivity contribution is 5.81. The molecule has 0 fully saturated rings. The molecule has 0 saturated heterocycles. The molecule has 0 saturated carbocycles. The van der Waals surface area contributed by atoms with Crippen LogP contribution in [0.1, 0.15) is 0 Å². The largest absolute Gasteiger partial charge is 0.342 e. The van der Waals surface area contributed by atoms with E-state index in [9.17, 15) is 30.3 Å². The van der Waals surface area contributed by atoms with E-state index in [2.05, 4.69) is 15.5 Å². The van der Waals surface area contributed by atoms with Gasteiger partial charge >= 0.3 is 11.4 Å². The summed E-state index contributed by atoms with van der Waals surface area (Å²) in [6.45, 7) is 0. The number of rotatable bonds is 5. The first-order valence-corrected chi connectivity index (χ1v) is 5.27. The summed E-state index contributed by atoms with van der Waals surface area (Å²) in [6.07, 6.45) is 2.56. The summed E-state index contributed by atoms with van der Waals surface area (Å²) in [6, 6.07) is 1.30. The quantitative estimate of drug-likeness (QED) is 0.621. The molecule has 0 amide bonds. The minimum atomic E-state index is -0.943. The standard InChI is InChI=1S/C9H6N6O6/c16-13(17)6-1-7(14(18)19)9(8(2-6)15(20)21)12-5-3-10-11-4-5/h1-4,12H,(H,10,11). The van der Waals surface area contributed by atoms with Crippen molar-refractivity contribution in [3.05, 3.63) is 54.9 Å². The van der Waals surface area contributed by atoms with Crippen LogP contribution >= 0.6 is 0 Å². The number of benzene rings is 1. The molecular weight excluding hydrogens is 288 g/mol.